The predicted molar refractivity (Wildman–Crippen MR) is 106 cm³/mol. The Morgan fingerprint density at radius 2 is 1.90 bits per heavy atom. The minimum absolute atomic E-state index is 0.170. The first-order valence-electron chi connectivity index (χ1n) is 9.48. The molecule has 0 aliphatic carbocycles. The molecule has 0 saturated carbocycles. The highest BCUT2D eigenvalue weighted by molar-refractivity contribution is 6.31. The van der Waals surface area contributed by atoms with E-state index in [1.54, 1.807) is 4.90 Å². The molecule has 2 heterocycles. The first-order chi connectivity index (χ1) is 14.3. The molecule has 0 radical (unpaired) electrons. The van der Waals surface area contributed by atoms with E-state index in [0.717, 1.165) is 30.5 Å². The zero-order valence-corrected chi connectivity index (χ0v) is 16.6. The van der Waals surface area contributed by atoms with Crippen molar-refractivity contribution < 1.29 is 22.5 Å². The summed E-state index contributed by atoms with van der Waals surface area (Å²) in [5, 5.41) is 4.41. The molecule has 30 heavy (non-hydrogen) atoms. The Labute approximate surface area is 176 Å². The average molecular weight is 435 g/mol. The van der Waals surface area contributed by atoms with Gasteiger partial charge >= 0.3 is 6.18 Å². The number of hydrogen-bond donors (Lipinski definition) is 0. The molecule has 1 aromatic heterocycles. The van der Waals surface area contributed by atoms with E-state index in [9.17, 15) is 18.0 Å². The van der Waals surface area contributed by atoms with Crippen molar-refractivity contribution in [2.45, 2.75) is 19.0 Å². The molecule has 0 spiro atoms. The summed E-state index contributed by atoms with van der Waals surface area (Å²) in [5.41, 5.74) is 0.901. The first-order valence-corrected chi connectivity index (χ1v) is 9.85. The van der Waals surface area contributed by atoms with Crippen molar-refractivity contribution in [2.24, 2.45) is 5.92 Å². The fourth-order valence-corrected chi connectivity index (χ4v) is 3.95. The fourth-order valence-electron chi connectivity index (χ4n) is 3.74. The lowest BCUT2D eigenvalue weighted by molar-refractivity contribution is -0.137. The van der Waals surface area contributed by atoms with Crippen molar-refractivity contribution in [2.75, 3.05) is 13.1 Å². The molecule has 1 aliphatic heterocycles. The Kier molecular flexibility index (Phi) is 5.56. The highest BCUT2D eigenvalue weighted by Gasteiger charge is 2.32. The van der Waals surface area contributed by atoms with Crippen molar-refractivity contribution in [3.05, 3.63) is 76.4 Å². The maximum atomic E-state index is 13.0. The molecule has 8 heteroatoms. The zero-order valence-electron chi connectivity index (χ0n) is 15.8. The molecule has 1 atom stereocenters. The van der Waals surface area contributed by atoms with Crippen molar-refractivity contribution >= 4 is 17.5 Å². The Hall–Kier alpha value is -2.80. The molecule has 3 aromatic rings. The molecule has 0 bridgehead atoms. The smallest absolute Gasteiger partial charge is 0.355 e. The van der Waals surface area contributed by atoms with Gasteiger partial charge in [-0.05, 0) is 42.5 Å². The summed E-state index contributed by atoms with van der Waals surface area (Å²) in [6, 6.07) is 12.1. The highest BCUT2D eigenvalue weighted by Crippen LogP contribution is 2.33. The third kappa shape index (κ3) is 4.21. The second-order valence-corrected chi connectivity index (χ2v) is 7.75. The minimum atomic E-state index is -4.43. The van der Waals surface area contributed by atoms with Gasteiger partial charge in [0.05, 0.1) is 11.8 Å². The number of carbonyl (C=O) groups is 1. The molecule has 4 rings (SSSR count). The van der Waals surface area contributed by atoms with Gasteiger partial charge in [0, 0.05) is 23.7 Å². The second-order valence-electron chi connectivity index (χ2n) is 7.35. The van der Waals surface area contributed by atoms with E-state index in [4.69, 9.17) is 16.1 Å². The van der Waals surface area contributed by atoms with Crippen molar-refractivity contribution in [1.29, 1.82) is 0 Å². The van der Waals surface area contributed by atoms with Crippen molar-refractivity contribution in [3.8, 4) is 11.3 Å². The number of nitrogens with zero attached hydrogens (tertiary/aromatic N) is 2. The van der Waals surface area contributed by atoms with Gasteiger partial charge in [0.2, 0.25) is 0 Å². The van der Waals surface area contributed by atoms with Crippen molar-refractivity contribution in [3.63, 3.8) is 0 Å². The fraction of sp³-hybridized carbons (Fsp3) is 0.273. The van der Waals surface area contributed by atoms with E-state index in [1.165, 1.54) is 18.3 Å². The van der Waals surface area contributed by atoms with Gasteiger partial charge < -0.3 is 9.42 Å². The summed E-state index contributed by atoms with van der Waals surface area (Å²) in [6.07, 6.45) is -1.49. The molecule has 1 amide bonds. The number of rotatable bonds is 4. The topological polar surface area (TPSA) is 46.3 Å². The van der Waals surface area contributed by atoms with Crippen LogP contribution in [0.1, 0.15) is 27.9 Å². The van der Waals surface area contributed by atoms with Crippen LogP contribution in [-0.2, 0) is 12.6 Å². The lowest BCUT2D eigenvalue weighted by Gasteiger charge is -2.16. The van der Waals surface area contributed by atoms with Crippen LogP contribution in [0.5, 0.6) is 0 Å². The number of aromatic nitrogens is 1. The van der Waals surface area contributed by atoms with Crippen LogP contribution in [0, 0.1) is 5.92 Å². The average Bonchev–Trinajstić information content (AvgIpc) is 3.38. The van der Waals surface area contributed by atoms with Crippen LogP contribution in [0.15, 0.2) is 59.3 Å². The molecule has 1 aliphatic rings. The number of amides is 1. The maximum Gasteiger partial charge on any atom is 0.416 e. The van der Waals surface area contributed by atoms with Gasteiger partial charge in [0.15, 0.2) is 5.76 Å². The largest absolute Gasteiger partial charge is 0.416 e. The number of carbonyl (C=O) groups excluding carboxylic acids is 1. The van der Waals surface area contributed by atoms with Gasteiger partial charge in [0.25, 0.3) is 5.91 Å². The lowest BCUT2D eigenvalue weighted by atomic mass is 9.99. The van der Waals surface area contributed by atoms with E-state index in [-0.39, 0.29) is 23.1 Å². The quantitative estimate of drug-likeness (QED) is 0.527. The molecular formula is C22H18ClF3N2O2. The molecule has 1 saturated heterocycles. The summed E-state index contributed by atoms with van der Waals surface area (Å²) >= 11 is 6.24. The minimum Gasteiger partial charge on any atom is -0.355 e. The summed E-state index contributed by atoms with van der Waals surface area (Å²) in [5.74, 6) is 0.208. The Morgan fingerprint density at radius 1 is 1.17 bits per heavy atom. The van der Waals surface area contributed by atoms with Crippen LogP contribution in [0.3, 0.4) is 0 Å². The number of likely N-dealkylation sites (tertiary alicyclic amines) is 1. The van der Waals surface area contributed by atoms with Crippen LogP contribution in [0.4, 0.5) is 13.2 Å². The monoisotopic (exact) mass is 434 g/mol. The molecule has 1 unspecified atom stereocenters. The third-order valence-electron chi connectivity index (χ3n) is 5.31. The number of halogens is 4. The molecule has 0 N–H and O–H groups in total. The molecule has 2 aromatic carbocycles. The number of hydrogen-bond acceptors (Lipinski definition) is 3. The predicted octanol–water partition coefficient (Wildman–Crippen LogP) is 5.72. The Morgan fingerprint density at radius 3 is 2.60 bits per heavy atom. The van der Waals surface area contributed by atoms with Gasteiger partial charge in [-0.3, -0.25) is 4.79 Å². The summed E-state index contributed by atoms with van der Waals surface area (Å²) in [7, 11) is 0. The highest BCUT2D eigenvalue weighted by atomic mass is 35.5. The standard InChI is InChI=1S/C22H18ClF3N2O2/c23-19-4-2-1-3-16(19)11-14-9-10-28(13-14)21(29)18-12-27-30-20(18)15-5-7-17(8-6-15)22(24,25)26/h1-8,12,14H,9-11,13H2. The molecule has 1 fully saturated rings. The van der Waals surface area contributed by atoms with E-state index >= 15 is 0 Å². The van der Waals surface area contributed by atoms with Gasteiger partial charge in [-0.15, -0.1) is 0 Å². The summed E-state index contributed by atoms with van der Waals surface area (Å²) in [4.78, 5) is 14.7. The Bertz CT molecular complexity index is 1050. The summed E-state index contributed by atoms with van der Waals surface area (Å²) in [6.45, 7) is 1.16. The van der Waals surface area contributed by atoms with E-state index in [2.05, 4.69) is 5.16 Å². The lowest BCUT2D eigenvalue weighted by Crippen LogP contribution is -2.29. The first kappa shape index (κ1) is 20.5. The van der Waals surface area contributed by atoms with Crippen LogP contribution in [0.25, 0.3) is 11.3 Å². The zero-order chi connectivity index (χ0) is 21.3. The van der Waals surface area contributed by atoms with Crippen LogP contribution in [0.2, 0.25) is 5.02 Å². The van der Waals surface area contributed by atoms with Gasteiger partial charge in [0.1, 0.15) is 5.56 Å². The molecular weight excluding hydrogens is 417 g/mol. The van der Waals surface area contributed by atoms with E-state index in [1.807, 2.05) is 24.3 Å². The SMILES string of the molecule is O=C(c1cnoc1-c1ccc(C(F)(F)F)cc1)N1CCC(Cc2ccccc2Cl)C1. The Balaban J connectivity index is 1.48. The molecule has 156 valence electrons. The van der Waals surface area contributed by atoms with Gasteiger partial charge in [-0.25, -0.2) is 0 Å². The van der Waals surface area contributed by atoms with Crippen LogP contribution >= 0.6 is 11.6 Å². The second kappa shape index (κ2) is 8.14. The van der Waals surface area contributed by atoms with Gasteiger partial charge in [-0.1, -0.05) is 47.1 Å². The summed E-state index contributed by atoms with van der Waals surface area (Å²) < 4.78 is 43.6. The number of benzene rings is 2. The molecule has 4 nitrogen and oxygen atoms in total. The van der Waals surface area contributed by atoms with E-state index in [0.29, 0.717) is 23.7 Å². The van der Waals surface area contributed by atoms with Crippen LogP contribution < -0.4 is 0 Å². The third-order valence-corrected chi connectivity index (χ3v) is 5.68. The normalized spacial score (nSPS) is 16.8. The number of alkyl halides is 3. The van der Waals surface area contributed by atoms with Crippen molar-refractivity contribution in [1.82, 2.24) is 10.1 Å². The van der Waals surface area contributed by atoms with Gasteiger partial charge in [-0.2, -0.15) is 13.2 Å². The van der Waals surface area contributed by atoms with E-state index < -0.39 is 11.7 Å². The maximum absolute atomic E-state index is 13.0. The van der Waals surface area contributed by atoms with Crippen LogP contribution in [-0.4, -0.2) is 29.1 Å².